The second kappa shape index (κ2) is 11.9. The van der Waals surface area contributed by atoms with Gasteiger partial charge in [0.25, 0.3) is 0 Å². The van der Waals surface area contributed by atoms with E-state index in [-0.39, 0.29) is 0 Å². The van der Waals surface area contributed by atoms with Crippen LogP contribution in [0.25, 0.3) is 99.6 Å². The van der Waals surface area contributed by atoms with E-state index in [1.54, 1.807) is 12.4 Å². The maximum atomic E-state index is 6.66. The topological polar surface area (TPSA) is 51.8 Å². The Hall–Kier alpha value is -6.91. The summed E-state index contributed by atoms with van der Waals surface area (Å²) in [6.45, 7) is 0. The molecule has 0 amide bonds. The summed E-state index contributed by atoms with van der Waals surface area (Å²) >= 11 is 0. The molecule has 0 fully saturated rings. The van der Waals surface area contributed by atoms with E-state index < -0.39 is 0 Å². The van der Waals surface area contributed by atoms with E-state index in [9.17, 15) is 0 Å². The second-order valence-corrected chi connectivity index (χ2v) is 12.9. The molecule has 4 heterocycles. The predicted molar refractivity (Wildman–Crippen MR) is 209 cm³/mol. The first-order chi connectivity index (χ1) is 25.2. The molecule has 0 aliphatic carbocycles. The SMILES string of the molecule is c1ccc(-c2cc(-c3ccc(-c4cc5c6ccc(-c7ccc8ccccc8c7)cc6oc5c5ccccc45)cc3)cc(-c3ccccn3)n2)nc1. The molecule has 4 nitrogen and oxygen atoms in total. The van der Waals surface area contributed by atoms with Crippen LogP contribution in [0.5, 0.6) is 0 Å². The first kappa shape index (κ1) is 29.0. The van der Waals surface area contributed by atoms with E-state index in [0.717, 1.165) is 77.7 Å². The van der Waals surface area contributed by atoms with Gasteiger partial charge in [-0.2, -0.15) is 0 Å². The summed E-state index contributed by atoms with van der Waals surface area (Å²) in [4.78, 5) is 14.1. The summed E-state index contributed by atoms with van der Waals surface area (Å²) in [5.41, 5.74) is 11.8. The van der Waals surface area contributed by atoms with Gasteiger partial charge in [-0.05, 0) is 110 Å². The van der Waals surface area contributed by atoms with E-state index >= 15 is 0 Å². The largest absolute Gasteiger partial charge is 0.455 e. The third kappa shape index (κ3) is 5.13. The van der Waals surface area contributed by atoms with Crippen LogP contribution in [0.15, 0.2) is 181 Å². The molecule has 238 valence electrons. The lowest BCUT2D eigenvalue weighted by molar-refractivity contribution is 0.673. The number of benzene rings is 6. The van der Waals surface area contributed by atoms with Gasteiger partial charge >= 0.3 is 0 Å². The molecule has 4 heteroatoms. The quantitative estimate of drug-likeness (QED) is 0.186. The van der Waals surface area contributed by atoms with Crippen molar-refractivity contribution in [1.82, 2.24) is 15.0 Å². The average molecular weight is 652 g/mol. The van der Waals surface area contributed by atoms with Gasteiger partial charge in [-0.3, -0.25) is 9.97 Å². The number of pyridine rings is 3. The van der Waals surface area contributed by atoms with Gasteiger partial charge in [-0.25, -0.2) is 4.98 Å². The van der Waals surface area contributed by atoms with Crippen LogP contribution in [0.1, 0.15) is 0 Å². The molecule has 51 heavy (non-hydrogen) atoms. The van der Waals surface area contributed by atoms with Crippen LogP contribution < -0.4 is 0 Å². The molecule has 0 saturated carbocycles. The van der Waals surface area contributed by atoms with Crippen molar-refractivity contribution in [3.05, 3.63) is 176 Å². The highest BCUT2D eigenvalue weighted by molar-refractivity contribution is 6.19. The number of nitrogens with zero attached hydrogens (tertiary/aromatic N) is 3. The fraction of sp³-hybridized carbons (Fsp3) is 0. The zero-order chi connectivity index (χ0) is 33.7. The minimum absolute atomic E-state index is 0.810. The molecule has 0 saturated heterocycles. The van der Waals surface area contributed by atoms with Crippen LogP contribution >= 0.6 is 0 Å². The third-order valence-electron chi connectivity index (χ3n) is 9.77. The molecule has 6 aromatic carbocycles. The molecular formula is C47H29N3O. The van der Waals surface area contributed by atoms with Gasteiger partial charge < -0.3 is 4.42 Å². The Morgan fingerprint density at radius 3 is 1.69 bits per heavy atom. The number of hydrogen-bond acceptors (Lipinski definition) is 4. The van der Waals surface area contributed by atoms with Crippen LogP contribution in [0.2, 0.25) is 0 Å². The van der Waals surface area contributed by atoms with Gasteiger partial charge in [-0.15, -0.1) is 0 Å². The maximum Gasteiger partial charge on any atom is 0.143 e. The van der Waals surface area contributed by atoms with Crippen LogP contribution in [-0.4, -0.2) is 15.0 Å². The van der Waals surface area contributed by atoms with Crippen LogP contribution in [0.3, 0.4) is 0 Å². The van der Waals surface area contributed by atoms with Gasteiger partial charge in [-0.1, -0.05) is 103 Å². The summed E-state index contributed by atoms with van der Waals surface area (Å²) in [6.07, 6.45) is 3.60. The molecule has 4 aromatic heterocycles. The van der Waals surface area contributed by atoms with Crippen molar-refractivity contribution in [3.8, 4) is 56.2 Å². The lowest BCUT2D eigenvalue weighted by atomic mass is 9.93. The highest BCUT2D eigenvalue weighted by Gasteiger charge is 2.16. The van der Waals surface area contributed by atoms with E-state index in [0.29, 0.717) is 0 Å². The first-order valence-corrected chi connectivity index (χ1v) is 17.1. The normalized spacial score (nSPS) is 11.5. The van der Waals surface area contributed by atoms with Gasteiger partial charge in [0.1, 0.15) is 11.2 Å². The van der Waals surface area contributed by atoms with Gasteiger partial charge in [0.2, 0.25) is 0 Å². The lowest BCUT2D eigenvalue weighted by Gasteiger charge is -2.11. The number of rotatable bonds is 5. The average Bonchev–Trinajstić information content (AvgIpc) is 3.59. The molecule has 10 rings (SSSR count). The molecule has 10 aromatic rings. The Balaban J connectivity index is 1.08. The minimum Gasteiger partial charge on any atom is -0.455 e. The number of fused-ring (bicyclic) bond motifs is 6. The molecular weight excluding hydrogens is 623 g/mol. The Morgan fingerprint density at radius 2 is 0.961 bits per heavy atom. The Kier molecular flexibility index (Phi) is 6.78. The molecule has 0 bridgehead atoms. The zero-order valence-corrected chi connectivity index (χ0v) is 27.5. The van der Waals surface area contributed by atoms with Crippen LogP contribution in [0.4, 0.5) is 0 Å². The van der Waals surface area contributed by atoms with Crippen molar-refractivity contribution in [2.75, 3.05) is 0 Å². The van der Waals surface area contributed by atoms with Crippen LogP contribution in [0, 0.1) is 0 Å². The fourth-order valence-corrected chi connectivity index (χ4v) is 7.22. The lowest BCUT2D eigenvalue weighted by Crippen LogP contribution is -1.94. The Bertz CT molecular complexity index is 2840. The van der Waals surface area contributed by atoms with Gasteiger partial charge in [0.05, 0.1) is 22.8 Å². The van der Waals surface area contributed by atoms with Crippen molar-refractivity contribution in [3.63, 3.8) is 0 Å². The standard InChI is InChI=1S/C47H29N3O/c1-2-10-33-25-34(20-17-30(33)9-1)35-21-22-38-41-29-40(37-11-3-4-12-39(37)47(41)51-46(38)28-35)32-18-15-31(16-19-32)36-26-44(42-13-5-7-23-48-42)50-45(27-36)43-14-6-8-24-49-43/h1-29H. The molecule has 0 spiro atoms. The molecule has 0 radical (unpaired) electrons. The van der Waals surface area contributed by atoms with Crippen LogP contribution in [-0.2, 0) is 0 Å². The van der Waals surface area contributed by atoms with E-state index in [1.807, 2.05) is 36.4 Å². The Morgan fingerprint density at radius 1 is 0.353 bits per heavy atom. The van der Waals surface area contributed by atoms with Gasteiger partial charge in [0.15, 0.2) is 0 Å². The van der Waals surface area contributed by atoms with E-state index in [4.69, 9.17) is 9.40 Å². The molecule has 0 aliphatic rings. The number of hydrogen-bond donors (Lipinski definition) is 0. The van der Waals surface area contributed by atoms with Gasteiger partial charge in [0, 0.05) is 28.6 Å². The summed E-state index contributed by atoms with van der Waals surface area (Å²) in [7, 11) is 0. The third-order valence-corrected chi connectivity index (χ3v) is 9.77. The summed E-state index contributed by atoms with van der Waals surface area (Å²) < 4.78 is 6.66. The fourth-order valence-electron chi connectivity index (χ4n) is 7.22. The zero-order valence-electron chi connectivity index (χ0n) is 27.5. The predicted octanol–water partition coefficient (Wildman–Crippen LogP) is 12.4. The van der Waals surface area contributed by atoms with Crippen molar-refractivity contribution in [2.24, 2.45) is 0 Å². The summed E-state index contributed by atoms with van der Waals surface area (Å²) in [5, 5.41) is 6.95. The van der Waals surface area contributed by atoms with Crippen molar-refractivity contribution >= 4 is 43.5 Å². The van der Waals surface area contributed by atoms with Crippen molar-refractivity contribution in [2.45, 2.75) is 0 Å². The molecule has 0 atom stereocenters. The molecule has 0 aliphatic heterocycles. The van der Waals surface area contributed by atoms with Crippen molar-refractivity contribution < 1.29 is 4.42 Å². The highest BCUT2D eigenvalue weighted by atomic mass is 16.3. The van der Waals surface area contributed by atoms with E-state index in [2.05, 4.69) is 137 Å². The minimum atomic E-state index is 0.810. The summed E-state index contributed by atoms with van der Waals surface area (Å²) in [6, 6.07) is 57.3. The van der Waals surface area contributed by atoms with E-state index in [1.165, 1.54) is 21.9 Å². The monoisotopic (exact) mass is 651 g/mol. The number of furan rings is 1. The Labute approximate surface area is 294 Å². The highest BCUT2D eigenvalue weighted by Crippen LogP contribution is 2.41. The number of aromatic nitrogens is 3. The van der Waals surface area contributed by atoms with Crippen molar-refractivity contribution in [1.29, 1.82) is 0 Å². The molecule has 0 N–H and O–H groups in total. The first-order valence-electron chi connectivity index (χ1n) is 17.1. The maximum absolute atomic E-state index is 6.66. The second-order valence-electron chi connectivity index (χ2n) is 12.9. The summed E-state index contributed by atoms with van der Waals surface area (Å²) in [5.74, 6) is 0. The smallest absolute Gasteiger partial charge is 0.143 e. The molecule has 0 unspecified atom stereocenters.